The highest BCUT2D eigenvalue weighted by atomic mass is 16.5. The van der Waals surface area contributed by atoms with Crippen molar-refractivity contribution in [1.29, 1.82) is 0 Å². The van der Waals surface area contributed by atoms with Crippen LogP contribution in [0, 0.1) is 5.92 Å². The van der Waals surface area contributed by atoms with Crippen LogP contribution >= 0.6 is 0 Å². The van der Waals surface area contributed by atoms with E-state index in [1.165, 1.54) is 32.1 Å². The molecule has 1 N–H and O–H groups in total. The van der Waals surface area contributed by atoms with Gasteiger partial charge in [0.15, 0.2) is 0 Å². The van der Waals surface area contributed by atoms with Crippen LogP contribution < -0.4 is 5.32 Å². The summed E-state index contributed by atoms with van der Waals surface area (Å²) in [4.78, 5) is 0. The van der Waals surface area contributed by atoms with Crippen LogP contribution in [0.2, 0.25) is 0 Å². The normalized spacial score (nSPS) is 35.7. The Hall–Kier alpha value is -0.340. The maximum Gasteiger partial charge on any atom is 0.0623 e. The quantitative estimate of drug-likeness (QED) is 0.536. The van der Waals surface area contributed by atoms with Crippen LogP contribution in [0.1, 0.15) is 38.5 Å². The molecule has 2 fully saturated rings. The number of hydrogen-bond donors (Lipinski definition) is 1. The smallest absolute Gasteiger partial charge is 0.0623 e. The highest BCUT2D eigenvalue weighted by Crippen LogP contribution is 2.41. The van der Waals surface area contributed by atoms with Crippen molar-refractivity contribution in [3.05, 3.63) is 12.7 Å². The Kier molecular flexibility index (Phi) is 3.81. The Morgan fingerprint density at radius 2 is 2.40 bits per heavy atom. The first-order valence-electron chi connectivity index (χ1n) is 6.28. The van der Waals surface area contributed by atoms with Crippen LogP contribution in [0.25, 0.3) is 0 Å². The first-order chi connectivity index (χ1) is 7.35. The van der Waals surface area contributed by atoms with Gasteiger partial charge in [-0.15, -0.1) is 6.58 Å². The van der Waals surface area contributed by atoms with Gasteiger partial charge in [-0.2, -0.15) is 0 Å². The predicted molar refractivity (Wildman–Crippen MR) is 62.9 cm³/mol. The van der Waals surface area contributed by atoms with E-state index in [1.54, 1.807) is 0 Å². The summed E-state index contributed by atoms with van der Waals surface area (Å²) >= 11 is 0. The number of fused-ring (bicyclic) bond motifs is 2. The maximum atomic E-state index is 5.91. The van der Waals surface area contributed by atoms with Crippen LogP contribution in [-0.4, -0.2) is 25.3 Å². The van der Waals surface area contributed by atoms with Gasteiger partial charge < -0.3 is 10.1 Å². The van der Waals surface area contributed by atoms with E-state index in [-0.39, 0.29) is 0 Å². The van der Waals surface area contributed by atoms with Crippen LogP contribution in [0.5, 0.6) is 0 Å². The lowest BCUT2D eigenvalue weighted by Gasteiger charge is -2.28. The maximum absolute atomic E-state index is 5.91. The number of nitrogens with one attached hydrogen (secondary N) is 1. The second-order valence-corrected chi connectivity index (χ2v) is 4.89. The molecular weight excluding hydrogens is 186 g/mol. The molecule has 2 nitrogen and oxygen atoms in total. The molecule has 2 rings (SSSR count). The van der Waals surface area contributed by atoms with E-state index in [4.69, 9.17) is 4.74 Å². The van der Waals surface area contributed by atoms with E-state index in [0.717, 1.165) is 12.3 Å². The third-order valence-corrected chi connectivity index (χ3v) is 3.96. The number of rotatable bonds is 6. The number of allylic oxidation sites excluding steroid dienone is 1. The molecule has 2 heteroatoms. The molecule has 2 heterocycles. The zero-order valence-corrected chi connectivity index (χ0v) is 9.74. The molecule has 2 bridgehead atoms. The summed E-state index contributed by atoms with van der Waals surface area (Å²) in [6, 6.07) is 0.653. The van der Waals surface area contributed by atoms with Gasteiger partial charge >= 0.3 is 0 Å². The molecule has 86 valence electrons. The van der Waals surface area contributed by atoms with Crippen LogP contribution in [0.15, 0.2) is 12.7 Å². The van der Waals surface area contributed by atoms with E-state index in [9.17, 15) is 0 Å². The third-order valence-electron chi connectivity index (χ3n) is 3.96. The van der Waals surface area contributed by atoms with Crippen molar-refractivity contribution in [2.75, 3.05) is 7.05 Å². The van der Waals surface area contributed by atoms with Gasteiger partial charge in [0, 0.05) is 12.0 Å². The molecular formula is C13H23NO. The minimum atomic E-state index is 0.552. The van der Waals surface area contributed by atoms with Crippen LogP contribution in [0.3, 0.4) is 0 Å². The fraction of sp³-hybridized carbons (Fsp3) is 0.846. The molecule has 0 aromatic rings. The molecule has 2 aliphatic heterocycles. The molecule has 4 unspecified atom stereocenters. The fourth-order valence-corrected chi connectivity index (χ4v) is 3.16. The Labute approximate surface area is 93.1 Å². The Morgan fingerprint density at radius 3 is 2.93 bits per heavy atom. The average Bonchev–Trinajstić information content (AvgIpc) is 2.86. The van der Waals surface area contributed by atoms with Gasteiger partial charge in [0.1, 0.15) is 0 Å². The van der Waals surface area contributed by atoms with Crippen LogP contribution in [0.4, 0.5) is 0 Å². The van der Waals surface area contributed by atoms with Gasteiger partial charge in [-0.25, -0.2) is 0 Å². The second kappa shape index (κ2) is 5.13. The van der Waals surface area contributed by atoms with Gasteiger partial charge in [-0.3, -0.25) is 0 Å². The monoisotopic (exact) mass is 209 g/mol. The highest BCUT2D eigenvalue weighted by molar-refractivity contribution is 4.94. The summed E-state index contributed by atoms with van der Waals surface area (Å²) in [5, 5.41) is 3.47. The molecule has 0 aliphatic carbocycles. The minimum absolute atomic E-state index is 0.552. The van der Waals surface area contributed by atoms with Gasteiger partial charge in [0.2, 0.25) is 0 Å². The highest BCUT2D eigenvalue weighted by Gasteiger charge is 2.43. The third kappa shape index (κ3) is 2.43. The molecule has 4 atom stereocenters. The fourth-order valence-electron chi connectivity index (χ4n) is 3.16. The van der Waals surface area contributed by atoms with Crippen molar-refractivity contribution in [3.8, 4) is 0 Å². The van der Waals surface area contributed by atoms with Crippen molar-refractivity contribution in [1.82, 2.24) is 5.32 Å². The second-order valence-electron chi connectivity index (χ2n) is 4.89. The molecule has 15 heavy (non-hydrogen) atoms. The van der Waals surface area contributed by atoms with Gasteiger partial charge in [-0.1, -0.05) is 6.08 Å². The molecule has 0 aromatic carbocycles. The van der Waals surface area contributed by atoms with Gasteiger partial charge in [0.25, 0.3) is 0 Å². The number of unbranched alkanes of at least 4 members (excludes halogenated alkanes) is 1. The Morgan fingerprint density at radius 1 is 1.53 bits per heavy atom. The van der Waals surface area contributed by atoms with Crippen molar-refractivity contribution < 1.29 is 4.74 Å². The summed E-state index contributed by atoms with van der Waals surface area (Å²) in [6.45, 7) is 3.77. The summed E-state index contributed by atoms with van der Waals surface area (Å²) in [5.41, 5.74) is 0. The summed E-state index contributed by atoms with van der Waals surface area (Å²) < 4.78 is 5.91. The van der Waals surface area contributed by atoms with E-state index >= 15 is 0 Å². The summed E-state index contributed by atoms with van der Waals surface area (Å²) in [7, 11) is 2.09. The molecule has 2 aliphatic rings. The van der Waals surface area contributed by atoms with E-state index < -0.39 is 0 Å². The van der Waals surface area contributed by atoms with Crippen molar-refractivity contribution in [2.24, 2.45) is 5.92 Å². The number of ether oxygens (including phenoxy) is 1. The predicted octanol–water partition coefficient (Wildman–Crippen LogP) is 2.50. The van der Waals surface area contributed by atoms with Crippen molar-refractivity contribution >= 4 is 0 Å². The zero-order chi connectivity index (χ0) is 10.7. The average molecular weight is 209 g/mol. The van der Waals surface area contributed by atoms with E-state index in [2.05, 4.69) is 18.9 Å². The Balaban J connectivity index is 1.81. The van der Waals surface area contributed by atoms with E-state index in [1.807, 2.05) is 6.08 Å². The van der Waals surface area contributed by atoms with Gasteiger partial charge in [-0.05, 0) is 45.6 Å². The standard InChI is InChI=1S/C13H23NO/c1-3-4-5-6-12(14-2)11-9-10-7-8-13(11)15-10/h3,10-14H,1,4-9H2,2H3. The van der Waals surface area contributed by atoms with Crippen molar-refractivity contribution in [3.63, 3.8) is 0 Å². The van der Waals surface area contributed by atoms with Crippen LogP contribution in [-0.2, 0) is 4.74 Å². The molecule has 0 amide bonds. The molecule has 0 radical (unpaired) electrons. The largest absolute Gasteiger partial charge is 0.375 e. The molecule has 2 saturated heterocycles. The zero-order valence-electron chi connectivity index (χ0n) is 9.74. The lowest BCUT2D eigenvalue weighted by molar-refractivity contribution is 0.0855. The molecule has 0 aromatic heterocycles. The Bertz CT molecular complexity index is 217. The first kappa shape index (κ1) is 11.2. The van der Waals surface area contributed by atoms with Gasteiger partial charge in [0.05, 0.1) is 12.2 Å². The SMILES string of the molecule is C=CCCCC(NC)C1CC2CCC1O2. The first-order valence-corrected chi connectivity index (χ1v) is 6.28. The summed E-state index contributed by atoms with van der Waals surface area (Å²) in [6.07, 6.45) is 10.7. The summed E-state index contributed by atoms with van der Waals surface area (Å²) in [5.74, 6) is 0.763. The lowest BCUT2D eigenvalue weighted by Crippen LogP contribution is -2.38. The number of hydrogen-bond acceptors (Lipinski definition) is 2. The molecule has 0 saturated carbocycles. The van der Waals surface area contributed by atoms with E-state index in [0.29, 0.717) is 18.2 Å². The molecule has 0 spiro atoms. The lowest BCUT2D eigenvalue weighted by atomic mass is 9.82. The topological polar surface area (TPSA) is 21.3 Å². The van der Waals surface area contributed by atoms with Crippen molar-refractivity contribution in [2.45, 2.75) is 56.8 Å². The minimum Gasteiger partial charge on any atom is -0.375 e.